The fourth-order valence-corrected chi connectivity index (χ4v) is 3.01. The standard InChI is InChI=1S/C15H15N3O2S/c1-19-11-3-4-12(20-2)14-13(11)18-15(21-14)17-9-10-5-7-16-8-6-10/h3-8H,9H2,1-2H3,(H,17,18). The summed E-state index contributed by atoms with van der Waals surface area (Å²) in [5.74, 6) is 1.55. The van der Waals surface area contributed by atoms with Crippen LogP contribution in [0.2, 0.25) is 0 Å². The molecular weight excluding hydrogens is 286 g/mol. The molecule has 21 heavy (non-hydrogen) atoms. The Kier molecular flexibility index (Phi) is 3.87. The van der Waals surface area contributed by atoms with Crippen molar-refractivity contribution >= 4 is 26.7 Å². The topological polar surface area (TPSA) is 56.3 Å². The van der Waals surface area contributed by atoms with E-state index in [4.69, 9.17) is 9.47 Å². The molecule has 0 amide bonds. The molecule has 0 unspecified atom stereocenters. The van der Waals surface area contributed by atoms with E-state index in [0.29, 0.717) is 6.54 Å². The molecule has 0 aliphatic carbocycles. The highest BCUT2D eigenvalue weighted by molar-refractivity contribution is 7.22. The largest absolute Gasteiger partial charge is 0.495 e. The van der Waals surface area contributed by atoms with E-state index in [9.17, 15) is 0 Å². The molecule has 0 saturated heterocycles. The molecular formula is C15H15N3O2S. The van der Waals surface area contributed by atoms with Crippen LogP contribution in [0.1, 0.15) is 5.56 Å². The Morgan fingerprint density at radius 1 is 1.05 bits per heavy atom. The van der Waals surface area contributed by atoms with Crippen molar-refractivity contribution in [2.75, 3.05) is 19.5 Å². The van der Waals surface area contributed by atoms with Gasteiger partial charge in [-0.1, -0.05) is 11.3 Å². The summed E-state index contributed by atoms with van der Waals surface area (Å²) >= 11 is 1.55. The van der Waals surface area contributed by atoms with Crippen LogP contribution >= 0.6 is 11.3 Å². The summed E-state index contributed by atoms with van der Waals surface area (Å²) in [4.78, 5) is 8.60. The van der Waals surface area contributed by atoms with Crippen LogP contribution < -0.4 is 14.8 Å². The molecule has 0 radical (unpaired) electrons. The summed E-state index contributed by atoms with van der Waals surface area (Å²) in [6, 6.07) is 7.71. The lowest BCUT2D eigenvalue weighted by molar-refractivity contribution is 0.410. The number of nitrogens with one attached hydrogen (secondary N) is 1. The highest BCUT2D eigenvalue weighted by atomic mass is 32.1. The first-order valence-electron chi connectivity index (χ1n) is 6.46. The summed E-state index contributed by atoms with van der Waals surface area (Å²) in [7, 11) is 3.30. The molecule has 2 heterocycles. The average Bonchev–Trinajstić information content (AvgIpc) is 2.97. The fourth-order valence-electron chi connectivity index (χ4n) is 2.04. The molecule has 1 N–H and O–H groups in total. The number of methoxy groups -OCH3 is 2. The molecule has 3 rings (SSSR count). The molecule has 0 atom stereocenters. The monoisotopic (exact) mass is 301 g/mol. The Bertz CT molecular complexity index is 702. The van der Waals surface area contributed by atoms with Crippen molar-refractivity contribution in [2.45, 2.75) is 6.54 Å². The molecule has 108 valence electrons. The van der Waals surface area contributed by atoms with Gasteiger partial charge in [-0.2, -0.15) is 0 Å². The van der Waals surface area contributed by atoms with E-state index in [1.807, 2.05) is 24.3 Å². The molecule has 0 bridgehead atoms. The maximum Gasteiger partial charge on any atom is 0.184 e. The second-order valence-electron chi connectivity index (χ2n) is 4.38. The molecule has 0 aliphatic heterocycles. The third-order valence-corrected chi connectivity index (χ3v) is 4.13. The number of anilines is 1. The molecule has 0 saturated carbocycles. The van der Waals surface area contributed by atoms with Crippen LogP contribution in [0.15, 0.2) is 36.7 Å². The van der Waals surface area contributed by atoms with E-state index >= 15 is 0 Å². The normalized spacial score (nSPS) is 10.6. The summed E-state index contributed by atoms with van der Waals surface area (Å²) in [6.45, 7) is 0.701. The predicted molar refractivity (Wildman–Crippen MR) is 84.3 cm³/mol. The van der Waals surface area contributed by atoms with Gasteiger partial charge in [-0.05, 0) is 29.8 Å². The number of pyridine rings is 1. The predicted octanol–water partition coefficient (Wildman–Crippen LogP) is 3.32. The highest BCUT2D eigenvalue weighted by Crippen LogP contribution is 2.38. The van der Waals surface area contributed by atoms with Gasteiger partial charge in [0.15, 0.2) is 5.13 Å². The number of fused-ring (bicyclic) bond motifs is 1. The number of aromatic nitrogens is 2. The number of ether oxygens (including phenoxy) is 2. The first kappa shape index (κ1) is 13.6. The smallest absolute Gasteiger partial charge is 0.184 e. The Labute approximate surface area is 126 Å². The van der Waals surface area contributed by atoms with Crippen molar-refractivity contribution in [1.29, 1.82) is 0 Å². The first-order chi connectivity index (χ1) is 10.3. The van der Waals surface area contributed by atoms with E-state index in [-0.39, 0.29) is 0 Å². The fraction of sp³-hybridized carbons (Fsp3) is 0.200. The number of hydrogen-bond acceptors (Lipinski definition) is 6. The maximum absolute atomic E-state index is 5.38. The number of rotatable bonds is 5. The van der Waals surface area contributed by atoms with Crippen LogP contribution in [0.5, 0.6) is 11.5 Å². The summed E-state index contributed by atoms with van der Waals surface area (Å²) in [5, 5.41) is 4.16. The van der Waals surface area contributed by atoms with Crippen molar-refractivity contribution in [3.63, 3.8) is 0 Å². The van der Waals surface area contributed by atoms with Gasteiger partial charge in [0, 0.05) is 18.9 Å². The number of hydrogen-bond donors (Lipinski definition) is 1. The van der Waals surface area contributed by atoms with Crippen LogP contribution in [-0.4, -0.2) is 24.2 Å². The van der Waals surface area contributed by atoms with E-state index in [1.165, 1.54) is 0 Å². The summed E-state index contributed by atoms with van der Waals surface area (Å²) in [6.07, 6.45) is 3.56. The van der Waals surface area contributed by atoms with Crippen LogP contribution in [0, 0.1) is 0 Å². The number of nitrogens with zero attached hydrogens (tertiary/aromatic N) is 2. The van der Waals surface area contributed by atoms with Gasteiger partial charge in [0.05, 0.1) is 14.2 Å². The zero-order valence-electron chi connectivity index (χ0n) is 11.8. The van der Waals surface area contributed by atoms with Gasteiger partial charge in [0.2, 0.25) is 0 Å². The van der Waals surface area contributed by atoms with E-state index in [0.717, 1.165) is 32.4 Å². The van der Waals surface area contributed by atoms with Crippen LogP contribution in [-0.2, 0) is 6.54 Å². The average molecular weight is 301 g/mol. The Morgan fingerprint density at radius 2 is 1.76 bits per heavy atom. The molecule has 0 fully saturated rings. The minimum atomic E-state index is 0.701. The van der Waals surface area contributed by atoms with Gasteiger partial charge >= 0.3 is 0 Å². The minimum absolute atomic E-state index is 0.701. The zero-order chi connectivity index (χ0) is 14.7. The van der Waals surface area contributed by atoms with Gasteiger partial charge < -0.3 is 14.8 Å². The van der Waals surface area contributed by atoms with Crippen molar-refractivity contribution < 1.29 is 9.47 Å². The van der Waals surface area contributed by atoms with E-state index in [1.54, 1.807) is 38.0 Å². The third-order valence-electron chi connectivity index (χ3n) is 3.10. The summed E-state index contributed by atoms with van der Waals surface area (Å²) in [5.41, 5.74) is 1.97. The summed E-state index contributed by atoms with van der Waals surface area (Å²) < 4.78 is 11.7. The Balaban J connectivity index is 1.90. The molecule has 0 spiro atoms. The second kappa shape index (κ2) is 5.97. The number of benzene rings is 1. The minimum Gasteiger partial charge on any atom is -0.495 e. The number of thiazole rings is 1. The van der Waals surface area contributed by atoms with Gasteiger partial charge in [-0.15, -0.1) is 0 Å². The van der Waals surface area contributed by atoms with Crippen molar-refractivity contribution in [1.82, 2.24) is 9.97 Å². The van der Waals surface area contributed by atoms with Crippen molar-refractivity contribution in [2.24, 2.45) is 0 Å². The van der Waals surface area contributed by atoms with Crippen molar-refractivity contribution in [3.05, 3.63) is 42.2 Å². The maximum atomic E-state index is 5.38. The SMILES string of the molecule is COc1ccc(OC)c2sc(NCc3ccncc3)nc12. The van der Waals surface area contributed by atoms with Crippen LogP contribution in [0.25, 0.3) is 10.2 Å². The third kappa shape index (κ3) is 2.75. The van der Waals surface area contributed by atoms with E-state index < -0.39 is 0 Å². The van der Waals surface area contributed by atoms with Crippen LogP contribution in [0.4, 0.5) is 5.13 Å². The Morgan fingerprint density at radius 3 is 2.48 bits per heavy atom. The zero-order valence-corrected chi connectivity index (χ0v) is 12.6. The van der Waals surface area contributed by atoms with Gasteiger partial charge in [-0.25, -0.2) is 4.98 Å². The molecule has 3 aromatic rings. The lowest BCUT2D eigenvalue weighted by atomic mass is 10.3. The van der Waals surface area contributed by atoms with Gasteiger partial charge in [-0.3, -0.25) is 4.98 Å². The van der Waals surface area contributed by atoms with Crippen LogP contribution in [0.3, 0.4) is 0 Å². The van der Waals surface area contributed by atoms with Gasteiger partial charge in [0.1, 0.15) is 21.7 Å². The lowest BCUT2D eigenvalue weighted by Gasteiger charge is -2.03. The lowest BCUT2D eigenvalue weighted by Crippen LogP contribution is -1.98. The molecule has 0 aliphatic rings. The first-order valence-corrected chi connectivity index (χ1v) is 7.27. The highest BCUT2D eigenvalue weighted by Gasteiger charge is 2.13. The molecule has 2 aromatic heterocycles. The molecule has 6 heteroatoms. The Hall–Kier alpha value is -2.34. The van der Waals surface area contributed by atoms with Gasteiger partial charge in [0.25, 0.3) is 0 Å². The second-order valence-corrected chi connectivity index (χ2v) is 5.37. The van der Waals surface area contributed by atoms with E-state index in [2.05, 4.69) is 15.3 Å². The molecule has 5 nitrogen and oxygen atoms in total. The molecule has 1 aromatic carbocycles. The quantitative estimate of drug-likeness (QED) is 0.783. The van der Waals surface area contributed by atoms with Crippen molar-refractivity contribution in [3.8, 4) is 11.5 Å².